The van der Waals surface area contributed by atoms with Crippen LogP contribution in [0.15, 0.2) is 54.9 Å². The molecule has 0 saturated carbocycles. The quantitative estimate of drug-likeness (QED) is 0.447. The lowest BCUT2D eigenvalue weighted by Crippen LogP contribution is -2.34. The van der Waals surface area contributed by atoms with Gasteiger partial charge in [-0.05, 0) is 54.2 Å². The number of carbonyl (C=O) groups is 1. The molecule has 9 heteroatoms. The summed E-state index contributed by atoms with van der Waals surface area (Å²) in [5.74, 6) is 0.699. The highest BCUT2D eigenvalue weighted by Crippen LogP contribution is 2.51. The van der Waals surface area contributed by atoms with Gasteiger partial charge >= 0.3 is 6.61 Å². The van der Waals surface area contributed by atoms with Gasteiger partial charge in [-0.1, -0.05) is 24.3 Å². The summed E-state index contributed by atoms with van der Waals surface area (Å²) in [5.41, 5.74) is 4.03. The van der Waals surface area contributed by atoms with Crippen molar-refractivity contribution in [1.82, 2.24) is 14.9 Å². The van der Waals surface area contributed by atoms with Crippen LogP contribution >= 0.6 is 0 Å². The van der Waals surface area contributed by atoms with Crippen LogP contribution in [-0.4, -0.2) is 60.2 Å². The molecular formula is C28H28F2N4O3. The predicted molar refractivity (Wildman–Crippen MR) is 134 cm³/mol. The number of nitrogens with zero attached hydrogens (tertiary/aromatic N) is 4. The number of ether oxygens (including phenoxy) is 2. The van der Waals surface area contributed by atoms with Gasteiger partial charge in [-0.25, -0.2) is 9.97 Å². The van der Waals surface area contributed by atoms with Crippen molar-refractivity contribution in [1.29, 1.82) is 0 Å². The zero-order valence-electron chi connectivity index (χ0n) is 20.5. The third kappa shape index (κ3) is 4.21. The highest BCUT2D eigenvalue weighted by molar-refractivity contribution is 6.00. The molecule has 3 aliphatic rings. The number of hydrogen-bond acceptors (Lipinski definition) is 6. The van der Waals surface area contributed by atoms with Crippen LogP contribution in [0, 0.1) is 0 Å². The van der Waals surface area contributed by atoms with Gasteiger partial charge in [-0.15, -0.1) is 0 Å². The molecule has 4 heterocycles. The fourth-order valence-corrected chi connectivity index (χ4v) is 6.14. The smallest absolute Gasteiger partial charge is 0.387 e. The van der Waals surface area contributed by atoms with Crippen LogP contribution in [-0.2, 0) is 4.74 Å². The van der Waals surface area contributed by atoms with E-state index in [0.717, 1.165) is 36.1 Å². The first-order chi connectivity index (χ1) is 18.0. The van der Waals surface area contributed by atoms with Gasteiger partial charge in [0.05, 0.1) is 18.7 Å². The van der Waals surface area contributed by atoms with Gasteiger partial charge in [0.25, 0.3) is 5.91 Å². The largest absolute Gasteiger partial charge is 0.435 e. The average Bonchev–Trinajstić information content (AvgIpc) is 3.61. The molecule has 0 N–H and O–H groups in total. The molecule has 0 aliphatic carbocycles. The zero-order valence-corrected chi connectivity index (χ0v) is 20.5. The Kier molecular flexibility index (Phi) is 6.24. The number of amides is 1. The van der Waals surface area contributed by atoms with Gasteiger partial charge in [0, 0.05) is 49.6 Å². The minimum absolute atomic E-state index is 0.0221. The number of alkyl halides is 2. The van der Waals surface area contributed by atoms with E-state index in [9.17, 15) is 13.6 Å². The third-order valence-electron chi connectivity index (χ3n) is 7.76. The van der Waals surface area contributed by atoms with Gasteiger partial charge in [-0.3, -0.25) is 4.79 Å². The van der Waals surface area contributed by atoms with Gasteiger partial charge in [0.2, 0.25) is 5.95 Å². The van der Waals surface area contributed by atoms with Crippen LogP contribution in [0.5, 0.6) is 5.75 Å². The summed E-state index contributed by atoms with van der Waals surface area (Å²) in [4.78, 5) is 26.5. The number of fused-ring (bicyclic) bond motifs is 3. The summed E-state index contributed by atoms with van der Waals surface area (Å²) in [6.07, 6.45) is 6.46. The van der Waals surface area contributed by atoms with Crippen molar-refractivity contribution in [2.45, 2.75) is 43.9 Å². The first-order valence-corrected chi connectivity index (χ1v) is 12.6. The molecule has 3 atom stereocenters. The normalized spacial score (nSPS) is 22.6. The van der Waals surface area contributed by atoms with E-state index in [-0.39, 0.29) is 29.7 Å². The molecule has 0 bridgehead atoms. The maximum absolute atomic E-state index is 13.2. The Labute approximate surface area is 214 Å². The highest BCUT2D eigenvalue weighted by Gasteiger charge is 2.46. The van der Waals surface area contributed by atoms with Crippen molar-refractivity contribution in [2.24, 2.45) is 0 Å². The van der Waals surface area contributed by atoms with E-state index in [4.69, 9.17) is 9.47 Å². The van der Waals surface area contributed by atoms with E-state index in [1.807, 2.05) is 47.6 Å². The molecule has 37 heavy (non-hydrogen) atoms. The number of anilines is 1. The summed E-state index contributed by atoms with van der Waals surface area (Å²) < 4.78 is 36.3. The summed E-state index contributed by atoms with van der Waals surface area (Å²) in [6, 6.07) is 12.7. The van der Waals surface area contributed by atoms with Gasteiger partial charge in [0.15, 0.2) is 0 Å². The standard InChI is InChI=1S/C28H28F2N4O3/c1-36-16-19-5-4-11-33(19)28-31-14-18(15-32-28)17-8-9-22-23(13-17)25-21(10-12-34(25)26(22)35)20-6-2-3-7-24(20)37-27(29)30/h2-3,6-9,13-15,19,21,25,27H,4-5,10-12,16H2,1H3/t19-,21-,25-/m1/s1. The van der Waals surface area contributed by atoms with E-state index in [1.54, 1.807) is 19.2 Å². The van der Waals surface area contributed by atoms with E-state index in [2.05, 4.69) is 14.9 Å². The molecule has 7 nitrogen and oxygen atoms in total. The van der Waals surface area contributed by atoms with Crippen LogP contribution in [0.2, 0.25) is 0 Å². The van der Waals surface area contributed by atoms with Crippen molar-refractivity contribution in [3.63, 3.8) is 0 Å². The molecule has 0 radical (unpaired) electrons. The second-order valence-corrected chi connectivity index (χ2v) is 9.77. The lowest BCUT2D eigenvalue weighted by molar-refractivity contribution is -0.0507. The first-order valence-electron chi connectivity index (χ1n) is 12.6. The molecule has 0 unspecified atom stereocenters. The van der Waals surface area contributed by atoms with Crippen molar-refractivity contribution >= 4 is 11.9 Å². The minimum Gasteiger partial charge on any atom is -0.435 e. The topological polar surface area (TPSA) is 67.8 Å². The van der Waals surface area contributed by atoms with E-state index >= 15 is 0 Å². The fraction of sp³-hybridized carbons (Fsp3) is 0.393. The molecule has 6 rings (SSSR count). The number of benzene rings is 2. The van der Waals surface area contributed by atoms with E-state index in [1.165, 1.54) is 0 Å². The number of methoxy groups -OCH3 is 1. The molecule has 3 aliphatic heterocycles. The molecule has 3 aromatic rings. The Bertz CT molecular complexity index is 1300. The number of para-hydroxylation sites is 1. The van der Waals surface area contributed by atoms with E-state index in [0.29, 0.717) is 36.6 Å². The Hall–Kier alpha value is -3.59. The number of carbonyl (C=O) groups excluding carboxylic acids is 1. The van der Waals surface area contributed by atoms with Crippen LogP contribution in [0.3, 0.4) is 0 Å². The zero-order chi connectivity index (χ0) is 25.5. The second-order valence-electron chi connectivity index (χ2n) is 9.77. The van der Waals surface area contributed by atoms with Crippen LogP contribution in [0.1, 0.15) is 52.7 Å². The lowest BCUT2D eigenvalue weighted by Gasteiger charge is -2.24. The SMILES string of the molecule is COC[C@H]1CCCN1c1ncc(-c2ccc3c(c2)[C@H]2[C@@H](c4ccccc4OC(F)F)CCN2C3=O)cn1. The number of rotatable bonds is 7. The molecule has 0 spiro atoms. The molecule has 1 aromatic heterocycles. The predicted octanol–water partition coefficient (Wildman–Crippen LogP) is 5.04. The summed E-state index contributed by atoms with van der Waals surface area (Å²) in [5, 5.41) is 0. The van der Waals surface area contributed by atoms with Crippen LogP contribution in [0.25, 0.3) is 11.1 Å². The average molecular weight is 507 g/mol. The maximum Gasteiger partial charge on any atom is 0.387 e. The van der Waals surface area contributed by atoms with Crippen molar-refractivity contribution in [3.8, 4) is 16.9 Å². The van der Waals surface area contributed by atoms with E-state index < -0.39 is 6.61 Å². The number of halogens is 2. The Balaban J connectivity index is 1.31. The molecule has 2 saturated heterocycles. The fourth-order valence-electron chi connectivity index (χ4n) is 6.14. The molecule has 192 valence electrons. The van der Waals surface area contributed by atoms with Crippen molar-refractivity contribution in [3.05, 3.63) is 71.5 Å². The molecule has 1 amide bonds. The second kappa shape index (κ2) is 9.70. The third-order valence-corrected chi connectivity index (χ3v) is 7.76. The lowest BCUT2D eigenvalue weighted by atomic mass is 9.86. The Morgan fingerprint density at radius 1 is 1.00 bits per heavy atom. The first kappa shape index (κ1) is 23.8. The number of aromatic nitrogens is 2. The summed E-state index contributed by atoms with van der Waals surface area (Å²) >= 11 is 0. The van der Waals surface area contributed by atoms with Crippen LogP contribution in [0.4, 0.5) is 14.7 Å². The van der Waals surface area contributed by atoms with Gasteiger partial charge < -0.3 is 19.3 Å². The van der Waals surface area contributed by atoms with Crippen molar-refractivity contribution in [2.75, 3.05) is 31.7 Å². The van der Waals surface area contributed by atoms with Crippen molar-refractivity contribution < 1.29 is 23.0 Å². The highest BCUT2D eigenvalue weighted by atomic mass is 19.3. The minimum atomic E-state index is -2.91. The Morgan fingerprint density at radius 2 is 1.81 bits per heavy atom. The summed E-state index contributed by atoms with van der Waals surface area (Å²) in [7, 11) is 1.71. The number of hydrogen-bond donors (Lipinski definition) is 0. The van der Waals surface area contributed by atoms with Gasteiger partial charge in [-0.2, -0.15) is 8.78 Å². The Morgan fingerprint density at radius 3 is 2.59 bits per heavy atom. The van der Waals surface area contributed by atoms with Gasteiger partial charge in [0.1, 0.15) is 5.75 Å². The maximum atomic E-state index is 13.2. The monoisotopic (exact) mass is 506 g/mol. The molecule has 2 aromatic carbocycles. The molecular weight excluding hydrogens is 478 g/mol. The molecule has 2 fully saturated rings. The van der Waals surface area contributed by atoms with Crippen LogP contribution < -0.4 is 9.64 Å². The summed E-state index contributed by atoms with van der Waals surface area (Å²) in [6.45, 7) is -0.785.